The Kier molecular flexibility index (Phi) is 6.54. The van der Waals surface area contributed by atoms with Crippen molar-refractivity contribution in [2.24, 2.45) is 0 Å². The lowest BCUT2D eigenvalue weighted by atomic mass is 10.0. The monoisotopic (exact) mass is 265 g/mol. The van der Waals surface area contributed by atoms with E-state index in [9.17, 15) is 9.18 Å². The summed E-state index contributed by atoms with van der Waals surface area (Å²) >= 11 is 0. The van der Waals surface area contributed by atoms with Crippen molar-refractivity contribution in [1.82, 2.24) is 5.32 Å². The highest BCUT2D eigenvalue weighted by Crippen LogP contribution is 2.11. The molecule has 0 bridgehead atoms. The molecule has 0 aliphatic carbocycles. The Labute approximate surface area is 115 Å². The molecule has 2 nitrogen and oxygen atoms in total. The lowest BCUT2D eigenvalue weighted by molar-refractivity contribution is 0.0932. The van der Waals surface area contributed by atoms with Gasteiger partial charge in [0.2, 0.25) is 0 Å². The van der Waals surface area contributed by atoms with Crippen LogP contribution in [0.15, 0.2) is 18.2 Å². The summed E-state index contributed by atoms with van der Waals surface area (Å²) in [5.74, 6) is -0.370. The fourth-order valence-corrected chi connectivity index (χ4v) is 2.14. The molecular formula is C16H24FNO. The smallest absolute Gasteiger partial charge is 0.251 e. The molecule has 1 N–H and O–H groups in total. The average Bonchev–Trinajstić information content (AvgIpc) is 2.39. The maximum absolute atomic E-state index is 13.2. The van der Waals surface area contributed by atoms with E-state index in [0.717, 1.165) is 32.1 Å². The minimum atomic E-state index is -0.271. The number of hydrogen-bond acceptors (Lipinski definition) is 1. The molecule has 0 saturated carbocycles. The summed E-state index contributed by atoms with van der Waals surface area (Å²) in [4.78, 5) is 12.1. The molecule has 106 valence electrons. The van der Waals surface area contributed by atoms with E-state index in [1.165, 1.54) is 6.07 Å². The van der Waals surface area contributed by atoms with E-state index in [2.05, 4.69) is 19.2 Å². The minimum Gasteiger partial charge on any atom is -0.349 e. The van der Waals surface area contributed by atoms with Gasteiger partial charge in [0.05, 0.1) is 0 Å². The standard InChI is InChI=1S/C16H24FNO/c1-4-6-8-14(7-5-2)18-16(19)13-9-10-15(17)12(3)11-13/h9-11,14H,4-8H2,1-3H3,(H,18,19). The first-order chi connectivity index (χ1) is 9.08. The first kappa shape index (κ1) is 15.7. The summed E-state index contributed by atoms with van der Waals surface area (Å²) < 4.78 is 13.2. The van der Waals surface area contributed by atoms with Crippen LogP contribution < -0.4 is 5.32 Å². The van der Waals surface area contributed by atoms with E-state index >= 15 is 0 Å². The molecule has 1 aromatic carbocycles. The number of carbonyl (C=O) groups excluding carboxylic acids is 1. The molecule has 0 aliphatic heterocycles. The first-order valence-corrected chi connectivity index (χ1v) is 7.15. The van der Waals surface area contributed by atoms with Crippen LogP contribution in [0.2, 0.25) is 0 Å². The van der Waals surface area contributed by atoms with Crippen molar-refractivity contribution in [3.8, 4) is 0 Å². The van der Waals surface area contributed by atoms with Crippen LogP contribution >= 0.6 is 0 Å². The zero-order chi connectivity index (χ0) is 14.3. The third-order valence-corrected chi connectivity index (χ3v) is 3.30. The number of benzene rings is 1. The van der Waals surface area contributed by atoms with Gasteiger partial charge in [-0.05, 0) is 43.5 Å². The van der Waals surface area contributed by atoms with Gasteiger partial charge in [-0.2, -0.15) is 0 Å². The van der Waals surface area contributed by atoms with Gasteiger partial charge in [-0.25, -0.2) is 4.39 Å². The lowest BCUT2D eigenvalue weighted by Gasteiger charge is -2.18. The number of rotatable bonds is 7. The fourth-order valence-electron chi connectivity index (χ4n) is 2.14. The second kappa shape index (κ2) is 7.93. The van der Waals surface area contributed by atoms with Crippen LogP contribution in [0.25, 0.3) is 0 Å². The maximum atomic E-state index is 13.2. The van der Waals surface area contributed by atoms with Crippen molar-refractivity contribution in [1.29, 1.82) is 0 Å². The highest BCUT2D eigenvalue weighted by atomic mass is 19.1. The largest absolute Gasteiger partial charge is 0.349 e. The summed E-state index contributed by atoms with van der Waals surface area (Å²) in [5.41, 5.74) is 1.05. The van der Waals surface area contributed by atoms with Gasteiger partial charge in [0.15, 0.2) is 0 Å². The number of halogens is 1. The molecule has 1 rings (SSSR count). The molecule has 3 heteroatoms. The van der Waals surface area contributed by atoms with Crippen LogP contribution in [-0.2, 0) is 0 Å². The molecule has 0 aliphatic rings. The van der Waals surface area contributed by atoms with Gasteiger partial charge in [0.1, 0.15) is 5.82 Å². The van der Waals surface area contributed by atoms with Gasteiger partial charge in [0.25, 0.3) is 5.91 Å². The molecule has 1 unspecified atom stereocenters. The van der Waals surface area contributed by atoms with E-state index in [1.807, 2.05) is 0 Å². The molecule has 0 radical (unpaired) electrons. The number of unbranched alkanes of at least 4 members (excludes halogenated alkanes) is 1. The van der Waals surface area contributed by atoms with Crippen molar-refractivity contribution in [2.75, 3.05) is 0 Å². The van der Waals surface area contributed by atoms with Crippen LogP contribution in [0.5, 0.6) is 0 Å². The predicted octanol–water partition coefficient (Wildman–Crippen LogP) is 4.22. The average molecular weight is 265 g/mol. The Bertz CT molecular complexity index is 417. The Hall–Kier alpha value is -1.38. The SMILES string of the molecule is CCCCC(CCC)NC(=O)c1ccc(F)c(C)c1. The van der Waals surface area contributed by atoms with Crippen molar-refractivity contribution in [3.05, 3.63) is 35.1 Å². The predicted molar refractivity (Wildman–Crippen MR) is 76.8 cm³/mol. The minimum absolute atomic E-state index is 0.0994. The normalized spacial score (nSPS) is 12.2. The summed E-state index contributed by atoms with van der Waals surface area (Å²) in [6.07, 6.45) is 5.30. The molecule has 1 amide bonds. The number of nitrogens with one attached hydrogen (secondary N) is 1. The number of aryl methyl sites for hydroxylation is 1. The topological polar surface area (TPSA) is 29.1 Å². The molecule has 19 heavy (non-hydrogen) atoms. The van der Waals surface area contributed by atoms with Crippen LogP contribution in [0.1, 0.15) is 61.9 Å². The van der Waals surface area contributed by atoms with Gasteiger partial charge in [0, 0.05) is 11.6 Å². The molecule has 0 aromatic heterocycles. The Morgan fingerprint density at radius 2 is 2.00 bits per heavy atom. The summed E-state index contributed by atoms with van der Waals surface area (Å²) in [6, 6.07) is 4.72. The highest BCUT2D eigenvalue weighted by molar-refractivity contribution is 5.94. The molecule has 1 atom stereocenters. The van der Waals surface area contributed by atoms with Crippen LogP contribution in [0.3, 0.4) is 0 Å². The Balaban J connectivity index is 2.66. The zero-order valence-corrected chi connectivity index (χ0v) is 12.1. The second-order valence-corrected chi connectivity index (χ2v) is 5.07. The Morgan fingerprint density at radius 3 is 2.58 bits per heavy atom. The first-order valence-electron chi connectivity index (χ1n) is 7.15. The van der Waals surface area contributed by atoms with E-state index < -0.39 is 0 Å². The summed E-state index contributed by atoms with van der Waals surface area (Å²) in [6.45, 7) is 5.94. The van der Waals surface area contributed by atoms with Gasteiger partial charge in [-0.15, -0.1) is 0 Å². The van der Waals surface area contributed by atoms with Crippen LogP contribution in [-0.4, -0.2) is 11.9 Å². The molecule has 0 fully saturated rings. The highest BCUT2D eigenvalue weighted by Gasteiger charge is 2.13. The Morgan fingerprint density at radius 1 is 1.26 bits per heavy atom. The third-order valence-electron chi connectivity index (χ3n) is 3.30. The number of carbonyl (C=O) groups is 1. The second-order valence-electron chi connectivity index (χ2n) is 5.07. The van der Waals surface area contributed by atoms with Crippen molar-refractivity contribution < 1.29 is 9.18 Å². The molecule has 1 aromatic rings. The molecule has 0 spiro atoms. The van der Waals surface area contributed by atoms with Gasteiger partial charge in [-0.1, -0.05) is 33.1 Å². The third kappa shape index (κ3) is 5.01. The van der Waals surface area contributed by atoms with Crippen LogP contribution in [0.4, 0.5) is 4.39 Å². The van der Waals surface area contributed by atoms with Crippen molar-refractivity contribution in [3.63, 3.8) is 0 Å². The molecular weight excluding hydrogens is 241 g/mol. The number of hydrogen-bond donors (Lipinski definition) is 1. The zero-order valence-electron chi connectivity index (χ0n) is 12.1. The van der Waals surface area contributed by atoms with Crippen molar-refractivity contribution in [2.45, 2.75) is 58.9 Å². The molecule has 0 heterocycles. The molecule has 0 saturated heterocycles. The van der Waals surface area contributed by atoms with E-state index in [4.69, 9.17) is 0 Å². The van der Waals surface area contributed by atoms with Gasteiger partial charge >= 0.3 is 0 Å². The van der Waals surface area contributed by atoms with E-state index in [0.29, 0.717) is 11.1 Å². The van der Waals surface area contributed by atoms with E-state index in [1.54, 1.807) is 19.1 Å². The van der Waals surface area contributed by atoms with E-state index in [-0.39, 0.29) is 17.8 Å². The van der Waals surface area contributed by atoms with Crippen LogP contribution in [0, 0.1) is 12.7 Å². The fraction of sp³-hybridized carbons (Fsp3) is 0.562. The quantitative estimate of drug-likeness (QED) is 0.785. The summed E-state index contributed by atoms with van der Waals surface area (Å²) in [7, 11) is 0. The maximum Gasteiger partial charge on any atom is 0.251 e. The summed E-state index contributed by atoms with van der Waals surface area (Å²) in [5, 5.41) is 3.05. The van der Waals surface area contributed by atoms with Crippen molar-refractivity contribution >= 4 is 5.91 Å². The lowest BCUT2D eigenvalue weighted by Crippen LogP contribution is -2.34. The van der Waals surface area contributed by atoms with Gasteiger partial charge < -0.3 is 5.32 Å². The number of amides is 1. The van der Waals surface area contributed by atoms with Gasteiger partial charge in [-0.3, -0.25) is 4.79 Å².